The third-order valence-corrected chi connectivity index (χ3v) is 3.38. The minimum Gasteiger partial charge on any atom is -0.459 e. The number of furan rings is 1. The summed E-state index contributed by atoms with van der Waals surface area (Å²) in [4.78, 5) is 26.0. The number of ether oxygens (including phenoxy) is 1. The molecule has 1 aliphatic rings. The van der Waals surface area contributed by atoms with Crippen LogP contribution in [0.5, 0.6) is 0 Å². The maximum atomic E-state index is 12.3. The van der Waals surface area contributed by atoms with E-state index < -0.39 is 5.91 Å². The van der Waals surface area contributed by atoms with Crippen LogP contribution in [0.1, 0.15) is 21.0 Å². The van der Waals surface area contributed by atoms with Gasteiger partial charge in [-0.15, -0.1) is 0 Å². The Bertz CT molecular complexity index is 671. The third kappa shape index (κ3) is 2.86. The molecule has 3 rings (SSSR count). The zero-order chi connectivity index (χ0) is 15.5. The molecule has 116 valence electrons. The molecule has 0 radical (unpaired) electrons. The summed E-state index contributed by atoms with van der Waals surface area (Å²) in [6, 6.07) is 4.75. The summed E-state index contributed by atoms with van der Waals surface area (Å²) in [6.45, 7) is 2.15. The van der Waals surface area contributed by atoms with Gasteiger partial charge < -0.3 is 19.4 Å². The molecule has 0 aromatic carbocycles. The molecule has 2 aromatic heterocycles. The van der Waals surface area contributed by atoms with Crippen LogP contribution >= 0.6 is 0 Å². The van der Waals surface area contributed by atoms with Gasteiger partial charge in [0.25, 0.3) is 11.8 Å². The highest BCUT2D eigenvalue weighted by molar-refractivity contribution is 6.02. The van der Waals surface area contributed by atoms with Crippen LogP contribution in [0.4, 0.5) is 5.82 Å². The van der Waals surface area contributed by atoms with E-state index in [0.29, 0.717) is 37.8 Å². The van der Waals surface area contributed by atoms with E-state index in [-0.39, 0.29) is 11.7 Å². The minimum absolute atomic E-state index is 0.169. The number of hydrogen-bond acceptors (Lipinski definition) is 5. The molecule has 0 unspecified atom stereocenters. The molecule has 1 fully saturated rings. The molecule has 3 heterocycles. The molecule has 1 N–H and O–H groups in total. The first-order valence-corrected chi connectivity index (χ1v) is 6.91. The van der Waals surface area contributed by atoms with Crippen molar-refractivity contribution in [2.45, 2.75) is 0 Å². The van der Waals surface area contributed by atoms with Crippen LogP contribution in [0.2, 0.25) is 0 Å². The van der Waals surface area contributed by atoms with Gasteiger partial charge in [-0.3, -0.25) is 14.3 Å². The molecule has 0 aliphatic carbocycles. The smallest absolute Gasteiger partial charge is 0.292 e. The molecular weight excluding hydrogens is 288 g/mol. The number of aryl methyl sites for hydroxylation is 1. The monoisotopic (exact) mass is 304 g/mol. The van der Waals surface area contributed by atoms with Crippen molar-refractivity contribution in [2.75, 3.05) is 31.6 Å². The fourth-order valence-corrected chi connectivity index (χ4v) is 2.20. The normalized spacial score (nSPS) is 14.9. The zero-order valence-electron chi connectivity index (χ0n) is 12.1. The predicted octanol–water partition coefficient (Wildman–Crippen LogP) is 0.738. The largest absolute Gasteiger partial charge is 0.459 e. The van der Waals surface area contributed by atoms with E-state index in [2.05, 4.69) is 10.4 Å². The maximum absolute atomic E-state index is 12.3. The van der Waals surface area contributed by atoms with Gasteiger partial charge in [0.15, 0.2) is 11.5 Å². The number of carbonyl (C=O) groups is 2. The average molecular weight is 304 g/mol. The Morgan fingerprint density at radius 2 is 2.09 bits per heavy atom. The van der Waals surface area contributed by atoms with E-state index in [1.54, 1.807) is 30.1 Å². The lowest BCUT2D eigenvalue weighted by molar-refractivity contribution is 0.0298. The summed E-state index contributed by atoms with van der Waals surface area (Å²) in [6.07, 6.45) is 1.42. The summed E-state index contributed by atoms with van der Waals surface area (Å²) in [5, 5.41) is 6.82. The number of nitrogens with one attached hydrogen (secondary N) is 1. The highest BCUT2D eigenvalue weighted by Gasteiger charge is 2.22. The molecule has 8 heteroatoms. The minimum atomic E-state index is -0.390. The Kier molecular flexibility index (Phi) is 3.92. The summed E-state index contributed by atoms with van der Waals surface area (Å²) in [5.74, 6) is 0.0658. The van der Waals surface area contributed by atoms with Crippen molar-refractivity contribution in [3.8, 4) is 0 Å². The average Bonchev–Trinajstić information content (AvgIpc) is 3.18. The van der Waals surface area contributed by atoms with Crippen LogP contribution in [0.15, 0.2) is 28.9 Å². The van der Waals surface area contributed by atoms with Crippen LogP contribution in [0.3, 0.4) is 0 Å². The molecule has 0 spiro atoms. The third-order valence-electron chi connectivity index (χ3n) is 3.38. The fraction of sp³-hybridized carbons (Fsp3) is 0.357. The van der Waals surface area contributed by atoms with Gasteiger partial charge in [-0.1, -0.05) is 0 Å². The Hall–Kier alpha value is -2.61. The molecule has 0 bridgehead atoms. The Labute approximate surface area is 126 Å². The first-order chi connectivity index (χ1) is 10.6. The summed E-state index contributed by atoms with van der Waals surface area (Å²) in [7, 11) is 1.66. The fourth-order valence-electron chi connectivity index (χ4n) is 2.20. The van der Waals surface area contributed by atoms with Gasteiger partial charge >= 0.3 is 0 Å². The van der Waals surface area contributed by atoms with Crippen molar-refractivity contribution < 1.29 is 18.7 Å². The van der Waals surface area contributed by atoms with Gasteiger partial charge in [0.2, 0.25) is 0 Å². The van der Waals surface area contributed by atoms with Gasteiger partial charge in [-0.2, -0.15) is 5.10 Å². The molecule has 1 aliphatic heterocycles. The highest BCUT2D eigenvalue weighted by Crippen LogP contribution is 2.14. The molecule has 22 heavy (non-hydrogen) atoms. The van der Waals surface area contributed by atoms with E-state index in [1.807, 2.05) is 0 Å². The number of rotatable bonds is 3. The number of aromatic nitrogens is 2. The molecule has 2 amide bonds. The van der Waals surface area contributed by atoms with E-state index >= 15 is 0 Å². The number of morpholine rings is 1. The van der Waals surface area contributed by atoms with Crippen LogP contribution in [0.25, 0.3) is 0 Å². The SMILES string of the molecule is Cn1nc(C(=O)N2CCOCC2)cc1NC(=O)c1ccco1. The standard InChI is InChI=1S/C14H16N4O4/c1-17-12(15-13(19)11-3-2-6-22-11)9-10(16-17)14(20)18-4-7-21-8-5-18/h2-3,6,9H,4-5,7-8H2,1H3,(H,15,19). The Morgan fingerprint density at radius 1 is 1.32 bits per heavy atom. The van der Waals surface area contributed by atoms with E-state index in [4.69, 9.17) is 9.15 Å². The Morgan fingerprint density at radius 3 is 2.77 bits per heavy atom. The van der Waals surface area contributed by atoms with E-state index in [0.717, 1.165) is 0 Å². The first-order valence-electron chi connectivity index (χ1n) is 6.91. The second-order valence-corrected chi connectivity index (χ2v) is 4.87. The van der Waals surface area contributed by atoms with Gasteiger partial charge in [-0.05, 0) is 12.1 Å². The quantitative estimate of drug-likeness (QED) is 0.903. The molecular formula is C14H16N4O4. The van der Waals surface area contributed by atoms with Crippen molar-refractivity contribution in [1.82, 2.24) is 14.7 Å². The first kappa shape index (κ1) is 14.3. The lowest BCUT2D eigenvalue weighted by Gasteiger charge is -2.25. The van der Waals surface area contributed by atoms with Crippen molar-refractivity contribution in [2.24, 2.45) is 7.05 Å². The summed E-state index contributed by atoms with van der Waals surface area (Å²) >= 11 is 0. The van der Waals surface area contributed by atoms with Crippen LogP contribution in [0, 0.1) is 0 Å². The number of anilines is 1. The van der Waals surface area contributed by atoms with Gasteiger partial charge in [0.1, 0.15) is 5.82 Å². The Balaban J connectivity index is 1.73. The van der Waals surface area contributed by atoms with Crippen molar-refractivity contribution >= 4 is 17.6 Å². The number of amides is 2. The van der Waals surface area contributed by atoms with Crippen molar-refractivity contribution in [1.29, 1.82) is 0 Å². The predicted molar refractivity (Wildman–Crippen MR) is 76.6 cm³/mol. The lowest BCUT2D eigenvalue weighted by Crippen LogP contribution is -2.40. The van der Waals surface area contributed by atoms with E-state index in [1.165, 1.54) is 10.9 Å². The van der Waals surface area contributed by atoms with Gasteiger partial charge in [0, 0.05) is 26.2 Å². The number of hydrogen-bond donors (Lipinski definition) is 1. The van der Waals surface area contributed by atoms with Crippen LogP contribution in [-0.4, -0.2) is 52.8 Å². The molecule has 1 saturated heterocycles. The van der Waals surface area contributed by atoms with E-state index in [9.17, 15) is 9.59 Å². The number of nitrogens with zero attached hydrogens (tertiary/aromatic N) is 3. The second-order valence-electron chi connectivity index (χ2n) is 4.87. The molecule has 8 nitrogen and oxygen atoms in total. The molecule has 2 aromatic rings. The molecule has 0 atom stereocenters. The van der Waals surface area contributed by atoms with Crippen molar-refractivity contribution in [3.63, 3.8) is 0 Å². The second kappa shape index (κ2) is 6.02. The zero-order valence-corrected chi connectivity index (χ0v) is 12.1. The summed E-state index contributed by atoms with van der Waals surface area (Å²) < 4.78 is 11.7. The van der Waals surface area contributed by atoms with Gasteiger partial charge in [0.05, 0.1) is 19.5 Å². The van der Waals surface area contributed by atoms with Crippen LogP contribution in [-0.2, 0) is 11.8 Å². The number of carbonyl (C=O) groups excluding carboxylic acids is 2. The molecule has 0 saturated carbocycles. The maximum Gasteiger partial charge on any atom is 0.292 e. The van der Waals surface area contributed by atoms with Gasteiger partial charge in [-0.25, -0.2) is 0 Å². The highest BCUT2D eigenvalue weighted by atomic mass is 16.5. The van der Waals surface area contributed by atoms with Crippen molar-refractivity contribution in [3.05, 3.63) is 35.9 Å². The summed E-state index contributed by atoms with van der Waals surface area (Å²) in [5.41, 5.74) is 0.291. The lowest BCUT2D eigenvalue weighted by atomic mass is 10.3. The topological polar surface area (TPSA) is 89.6 Å². The van der Waals surface area contributed by atoms with Crippen LogP contribution < -0.4 is 5.32 Å².